The summed E-state index contributed by atoms with van der Waals surface area (Å²) >= 11 is 0. The molecule has 2 rings (SSSR count). The van der Waals surface area contributed by atoms with Gasteiger partial charge in [0.05, 0.1) is 0 Å². The van der Waals surface area contributed by atoms with E-state index in [1.807, 2.05) is 0 Å². The Morgan fingerprint density at radius 1 is 1.19 bits per heavy atom. The largest absolute Gasteiger partial charge is 0.311 e. The van der Waals surface area contributed by atoms with E-state index in [2.05, 4.69) is 45.3 Å². The fraction of sp³-hybridized carbons (Fsp3) is 1.00. The van der Waals surface area contributed by atoms with Crippen LogP contribution in [0.1, 0.15) is 53.9 Å². The first kappa shape index (κ1) is 12.4. The number of hydrogen-bond acceptors (Lipinski definition) is 2. The van der Waals surface area contributed by atoms with Gasteiger partial charge in [-0.25, -0.2) is 0 Å². The molecule has 2 fully saturated rings. The molecule has 2 aliphatic rings. The molecule has 2 nitrogen and oxygen atoms in total. The number of hydrogen-bond donors (Lipinski definition) is 2. The summed E-state index contributed by atoms with van der Waals surface area (Å²) in [7, 11) is 0. The molecule has 2 N–H and O–H groups in total. The highest BCUT2D eigenvalue weighted by Crippen LogP contribution is 2.62. The van der Waals surface area contributed by atoms with Gasteiger partial charge in [0.2, 0.25) is 0 Å². The van der Waals surface area contributed by atoms with Crippen molar-refractivity contribution in [3.8, 4) is 0 Å². The summed E-state index contributed by atoms with van der Waals surface area (Å²) in [5.41, 5.74) is 1.30. The fourth-order valence-corrected chi connectivity index (χ4v) is 3.45. The monoisotopic (exact) mass is 224 g/mol. The zero-order chi connectivity index (χ0) is 12.0. The van der Waals surface area contributed by atoms with Crippen molar-refractivity contribution in [2.75, 3.05) is 13.1 Å². The minimum atomic E-state index is 0.384. The zero-order valence-electron chi connectivity index (χ0n) is 11.6. The van der Waals surface area contributed by atoms with E-state index in [0.29, 0.717) is 22.4 Å². The molecule has 0 spiro atoms. The first-order valence-corrected chi connectivity index (χ1v) is 6.84. The van der Waals surface area contributed by atoms with Crippen LogP contribution in [-0.4, -0.2) is 24.7 Å². The SMILES string of the molecule is CCC1(CNC2C(C)(C)C2(C)C)CCCN1. The molecule has 1 saturated heterocycles. The van der Waals surface area contributed by atoms with Crippen LogP contribution in [0.2, 0.25) is 0 Å². The van der Waals surface area contributed by atoms with Crippen LogP contribution in [0.5, 0.6) is 0 Å². The van der Waals surface area contributed by atoms with E-state index in [4.69, 9.17) is 0 Å². The zero-order valence-corrected chi connectivity index (χ0v) is 11.6. The van der Waals surface area contributed by atoms with Crippen LogP contribution in [0.15, 0.2) is 0 Å². The summed E-state index contributed by atoms with van der Waals surface area (Å²) in [4.78, 5) is 0. The lowest BCUT2D eigenvalue weighted by Crippen LogP contribution is -2.49. The van der Waals surface area contributed by atoms with Gasteiger partial charge < -0.3 is 10.6 Å². The van der Waals surface area contributed by atoms with E-state index >= 15 is 0 Å². The fourth-order valence-electron chi connectivity index (χ4n) is 3.45. The second kappa shape index (κ2) is 3.71. The van der Waals surface area contributed by atoms with E-state index in [9.17, 15) is 0 Å². The highest BCUT2D eigenvalue weighted by Gasteiger charge is 2.64. The topological polar surface area (TPSA) is 24.1 Å². The molecule has 1 aliphatic carbocycles. The van der Waals surface area contributed by atoms with Crippen molar-refractivity contribution in [3.63, 3.8) is 0 Å². The quantitative estimate of drug-likeness (QED) is 0.767. The van der Waals surface area contributed by atoms with Gasteiger partial charge in [0.25, 0.3) is 0 Å². The molecule has 1 atom stereocenters. The molecule has 0 amide bonds. The molecule has 0 radical (unpaired) electrons. The third-order valence-electron chi connectivity index (χ3n) is 5.67. The Kier molecular flexibility index (Phi) is 2.87. The first-order valence-electron chi connectivity index (χ1n) is 6.84. The predicted octanol–water partition coefficient (Wildman–Crippen LogP) is 2.54. The Morgan fingerprint density at radius 3 is 2.19 bits per heavy atom. The summed E-state index contributed by atoms with van der Waals surface area (Å²) in [6, 6.07) is 0.686. The second-order valence-corrected chi connectivity index (χ2v) is 6.92. The lowest BCUT2D eigenvalue weighted by atomic mass is 9.94. The molecule has 94 valence electrons. The van der Waals surface area contributed by atoms with Crippen molar-refractivity contribution in [3.05, 3.63) is 0 Å². The molecule has 0 aromatic rings. The first-order chi connectivity index (χ1) is 7.36. The van der Waals surface area contributed by atoms with Gasteiger partial charge in [0, 0.05) is 18.1 Å². The highest BCUT2D eigenvalue weighted by atomic mass is 15.1. The van der Waals surface area contributed by atoms with Crippen LogP contribution in [0.25, 0.3) is 0 Å². The third-order valence-corrected chi connectivity index (χ3v) is 5.67. The van der Waals surface area contributed by atoms with Crippen molar-refractivity contribution < 1.29 is 0 Å². The summed E-state index contributed by atoms with van der Waals surface area (Å²) < 4.78 is 0. The van der Waals surface area contributed by atoms with Gasteiger partial charge >= 0.3 is 0 Å². The second-order valence-electron chi connectivity index (χ2n) is 6.92. The molecule has 1 aliphatic heterocycles. The summed E-state index contributed by atoms with van der Waals surface area (Å²) in [5, 5.41) is 7.50. The predicted molar refractivity (Wildman–Crippen MR) is 69.6 cm³/mol. The Labute approximate surface area is 101 Å². The van der Waals surface area contributed by atoms with Crippen LogP contribution in [0.3, 0.4) is 0 Å². The average Bonchev–Trinajstić information content (AvgIpc) is 2.62. The van der Waals surface area contributed by atoms with Crippen LogP contribution < -0.4 is 10.6 Å². The summed E-state index contributed by atoms with van der Waals surface area (Å²) in [6.07, 6.45) is 3.92. The normalized spacial score (nSPS) is 36.6. The smallest absolute Gasteiger partial charge is 0.0304 e. The minimum Gasteiger partial charge on any atom is -0.311 e. The Hall–Kier alpha value is -0.0800. The molecule has 2 heteroatoms. The average molecular weight is 224 g/mol. The molecule has 1 heterocycles. The van der Waals surface area contributed by atoms with Gasteiger partial charge in [-0.3, -0.25) is 0 Å². The van der Waals surface area contributed by atoms with Crippen molar-refractivity contribution in [2.24, 2.45) is 10.8 Å². The number of nitrogens with one attached hydrogen (secondary N) is 2. The van der Waals surface area contributed by atoms with Crippen LogP contribution >= 0.6 is 0 Å². The van der Waals surface area contributed by atoms with Crippen molar-refractivity contribution in [2.45, 2.75) is 65.5 Å². The molecule has 0 aromatic carbocycles. The number of rotatable bonds is 4. The maximum absolute atomic E-state index is 3.81. The lowest BCUT2D eigenvalue weighted by Gasteiger charge is -2.29. The Bertz CT molecular complexity index is 248. The van der Waals surface area contributed by atoms with Crippen molar-refractivity contribution in [1.29, 1.82) is 0 Å². The van der Waals surface area contributed by atoms with E-state index in [-0.39, 0.29) is 0 Å². The molecule has 0 bridgehead atoms. The molecular formula is C14H28N2. The minimum absolute atomic E-state index is 0.384. The van der Waals surface area contributed by atoms with Crippen LogP contribution in [0.4, 0.5) is 0 Å². The Morgan fingerprint density at radius 2 is 1.81 bits per heavy atom. The van der Waals surface area contributed by atoms with E-state index in [1.165, 1.54) is 25.8 Å². The van der Waals surface area contributed by atoms with Crippen LogP contribution in [0, 0.1) is 10.8 Å². The summed E-state index contributed by atoms with van der Waals surface area (Å²) in [5.74, 6) is 0. The van der Waals surface area contributed by atoms with Crippen molar-refractivity contribution in [1.82, 2.24) is 10.6 Å². The van der Waals surface area contributed by atoms with Gasteiger partial charge in [-0.2, -0.15) is 0 Å². The van der Waals surface area contributed by atoms with Gasteiger partial charge in [-0.05, 0) is 36.6 Å². The molecular weight excluding hydrogens is 196 g/mol. The van der Waals surface area contributed by atoms with Gasteiger partial charge in [0.15, 0.2) is 0 Å². The molecule has 1 saturated carbocycles. The van der Waals surface area contributed by atoms with E-state index in [0.717, 1.165) is 6.54 Å². The van der Waals surface area contributed by atoms with Crippen LogP contribution in [-0.2, 0) is 0 Å². The Balaban J connectivity index is 1.89. The molecule has 16 heavy (non-hydrogen) atoms. The van der Waals surface area contributed by atoms with E-state index in [1.54, 1.807) is 0 Å². The van der Waals surface area contributed by atoms with Gasteiger partial charge in [0.1, 0.15) is 0 Å². The summed E-state index contributed by atoms with van der Waals surface area (Å²) in [6.45, 7) is 14.2. The molecule has 1 unspecified atom stereocenters. The van der Waals surface area contributed by atoms with E-state index < -0.39 is 0 Å². The maximum atomic E-state index is 3.81. The van der Waals surface area contributed by atoms with Crippen molar-refractivity contribution >= 4 is 0 Å². The third kappa shape index (κ3) is 1.70. The lowest BCUT2D eigenvalue weighted by molar-refractivity contribution is 0.330. The highest BCUT2D eigenvalue weighted by molar-refractivity contribution is 5.18. The van der Waals surface area contributed by atoms with Gasteiger partial charge in [-0.15, -0.1) is 0 Å². The van der Waals surface area contributed by atoms with Gasteiger partial charge in [-0.1, -0.05) is 34.6 Å². The maximum Gasteiger partial charge on any atom is 0.0304 e. The molecule has 0 aromatic heterocycles. The standard InChI is InChI=1S/C14H28N2/c1-6-14(8-7-9-16-14)10-15-11-12(2,3)13(11,4)5/h11,15-16H,6-10H2,1-5H3.